The molecule has 0 radical (unpaired) electrons. The first-order valence-corrected chi connectivity index (χ1v) is 8.18. The predicted molar refractivity (Wildman–Crippen MR) is 90.3 cm³/mol. The highest BCUT2D eigenvalue weighted by Crippen LogP contribution is 2.39. The third kappa shape index (κ3) is 5.75. The highest BCUT2D eigenvalue weighted by molar-refractivity contribution is 5.67. The Morgan fingerprint density at radius 3 is 2.57 bits per heavy atom. The molecule has 0 aromatic heterocycles. The first kappa shape index (κ1) is 17.6. The molecule has 3 N–H and O–H groups in total. The summed E-state index contributed by atoms with van der Waals surface area (Å²) in [7, 11) is 0. The molecule has 1 aromatic carbocycles. The minimum absolute atomic E-state index is 0.178. The second kappa shape index (κ2) is 6.79. The van der Waals surface area contributed by atoms with Crippen molar-refractivity contribution in [2.75, 3.05) is 6.54 Å². The molecule has 128 valence electrons. The number of amides is 1. The van der Waals surface area contributed by atoms with Gasteiger partial charge in [-0.3, -0.25) is 0 Å². The molecule has 0 saturated heterocycles. The number of carbonyl (C=O) groups is 1. The van der Waals surface area contributed by atoms with E-state index < -0.39 is 5.60 Å². The van der Waals surface area contributed by atoms with Crippen LogP contribution in [-0.4, -0.2) is 28.9 Å². The number of aromatic hydroxyl groups is 1. The summed E-state index contributed by atoms with van der Waals surface area (Å²) in [6.45, 7) is 8.86. The first-order valence-electron chi connectivity index (χ1n) is 8.18. The minimum atomic E-state index is -0.491. The summed E-state index contributed by atoms with van der Waals surface area (Å²) in [5.74, 6) is 0.819. The van der Waals surface area contributed by atoms with Gasteiger partial charge in [-0.05, 0) is 64.2 Å². The molecule has 2 rings (SSSR count). The molecule has 0 bridgehead atoms. The molecule has 0 heterocycles. The molecular formula is C18H28N2O3. The molecule has 1 amide bonds. The number of rotatable bonds is 6. The van der Waals surface area contributed by atoms with Gasteiger partial charge in [0.1, 0.15) is 11.4 Å². The summed E-state index contributed by atoms with van der Waals surface area (Å²) in [5.41, 5.74) is 0.353. The van der Waals surface area contributed by atoms with Gasteiger partial charge >= 0.3 is 6.09 Å². The summed E-state index contributed by atoms with van der Waals surface area (Å²) >= 11 is 0. The van der Waals surface area contributed by atoms with Crippen LogP contribution in [0.4, 0.5) is 4.79 Å². The minimum Gasteiger partial charge on any atom is -0.508 e. The lowest BCUT2D eigenvalue weighted by Gasteiger charge is -2.32. The van der Waals surface area contributed by atoms with Crippen molar-refractivity contribution < 1.29 is 14.6 Å². The van der Waals surface area contributed by atoms with E-state index in [-0.39, 0.29) is 17.4 Å². The van der Waals surface area contributed by atoms with Crippen LogP contribution in [0, 0.1) is 5.92 Å². The summed E-state index contributed by atoms with van der Waals surface area (Å²) in [5, 5.41) is 16.0. The predicted octanol–water partition coefficient (Wildman–Crippen LogP) is 3.18. The number of ether oxygens (including phenoxy) is 1. The van der Waals surface area contributed by atoms with Gasteiger partial charge < -0.3 is 20.5 Å². The van der Waals surface area contributed by atoms with E-state index in [2.05, 4.69) is 17.6 Å². The van der Waals surface area contributed by atoms with Gasteiger partial charge in [0, 0.05) is 18.6 Å². The van der Waals surface area contributed by atoms with Gasteiger partial charge in [-0.25, -0.2) is 4.79 Å². The number of alkyl carbamates (subject to hydrolysis) is 1. The molecule has 0 aliphatic heterocycles. The highest BCUT2D eigenvalue weighted by Gasteiger charge is 2.41. The van der Waals surface area contributed by atoms with Crippen molar-refractivity contribution in [2.24, 2.45) is 5.92 Å². The number of carbonyl (C=O) groups excluding carboxylic acids is 1. The summed E-state index contributed by atoms with van der Waals surface area (Å²) in [4.78, 5) is 11.9. The zero-order chi connectivity index (χ0) is 17.1. The summed E-state index contributed by atoms with van der Waals surface area (Å²) in [6, 6.07) is 7.22. The van der Waals surface area contributed by atoms with Crippen LogP contribution in [0.25, 0.3) is 0 Å². The van der Waals surface area contributed by atoms with E-state index in [0.717, 1.165) is 5.56 Å². The maximum Gasteiger partial charge on any atom is 0.407 e. The monoisotopic (exact) mass is 320 g/mol. The molecule has 5 heteroatoms. The molecule has 0 spiro atoms. The number of nitrogens with one attached hydrogen (secondary N) is 2. The Hall–Kier alpha value is -1.75. The summed E-state index contributed by atoms with van der Waals surface area (Å²) < 4.78 is 5.30. The van der Waals surface area contributed by atoms with Crippen molar-refractivity contribution in [1.82, 2.24) is 10.6 Å². The average Bonchev–Trinajstić information content (AvgIpc) is 3.26. The van der Waals surface area contributed by atoms with E-state index in [1.54, 1.807) is 12.1 Å². The highest BCUT2D eigenvalue weighted by atomic mass is 16.6. The lowest BCUT2D eigenvalue weighted by atomic mass is 9.95. The van der Waals surface area contributed by atoms with Crippen LogP contribution in [0.2, 0.25) is 0 Å². The second-order valence-electron chi connectivity index (χ2n) is 7.57. The molecule has 1 aliphatic carbocycles. The van der Waals surface area contributed by atoms with Crippen LogP contribution in [0.15, 0.2) is 24.3 Å². The Morgan fingerprint density at radius 1 is 1.30 bits per heavy atom. The molecular weight excluding hydrogens is 292 g/mol. The second-order valence-corrected chi connectivity index (χ2v) is 7.57. The van der Waals surface area contributed by atoms with Gasteiger partial charge in [0.15, 0.2) is 0 Å². The maximum absolute atomic E-state index is 11.9. The van der Waals surface area contributed by atoms with Crippen LogP contribution in [0.5, 0.6) is 5.75 Å². The Balaban J connectivity index is 1.90. The Bertz CT molecular complexity index is 549. The van der Waals surface area contributed by atoms with E-state index in [9.17, 15) is 9.90 Å². The maximum atomic E-state index is 11.9. The molecule has 1 atom stereocenters. The first-order chi connectivity index (χ1) is 10.7. The molecule has 23 heavy (non-hydrogen) atoms. The van der Waals surface area contributed by atoms with Crippen molar-refractivity contribution >= 4 is 6.09 Å². The van der Waals surface area contributed by atoms with Crippen molar-refractivity contribution in [1.29, 1.82) is 0 Å². The third-order valence-corrected chi connectivity index (χ3v) is 4.08. The van der Waals surface area contributed by atoms with Crippen LogP contribution in [0.3, 0.4) is 0 Å². The zero-order valence-corrected chi connectivity index (χ0v) is 14.5. The largest absolute Gasteiger partial charge is 0.508 e. The number of hydrogen-bond acceptors (Lipinski definition) is 4. The molecule has 1 saturated carbocycles. The third-order valence-electron chi connectivity index (χ3n) is 4.08. The van der Waals surface area contributed by atoms with Crippen molar-refractivity contribution in [2.45, 2.75) is 58.2 Å². The van der Waals surface area contributed by atoms with E-state index in [1.807, 2.05) is 32.9 Å². The van der Waals surface area contributed by atoms with Gasteiger partial charge in [0.05, 0.1) is 0 Å². The molecule has 1 aliphatic rings. The average molecular weight is 320 g/mol. The van der Waals surface area contributed by atoms with E-state index >= 15 is 0 Å². The smallest absolute Gasteiger partial charge is 0.407 e. The molecule has 5 nitrogen and oxygen atoms in total. The standard InChI is InChI=1S/C18H28N2O3/c1-17(2,3)23-16(22)19-12-18(4,14-8-9-14)20-11-13-6-5-7-15(21)10-13/h5-7,10,14,20-21H,8-9,11-12H2,1-4H3,(H,19,22). The van der Waals surface area contributed by atoms with Gasteiger partial charge in [-0.1, -0.05) is 12.1 Å². The number of phenols is 1. The fourth-order valence-corrected chi connectivity index (χ4v) is 2.61. The van der Waals surface area contributed by atoms with Gasteiger partial charge in [0.25, 0.3) is 0 Å². The Kier molecular flexibility index (Phi) is 5.19. The molecule has 1 unspecified atom stereocenters. The fraction of sp³-hybridized carbons (Fsp3) is 0.611. The Labute approximate surface area is 138 Å². The number of phenolic OH excluding ortho intramolecular Hbond substituents is 1. The van der Waals surface area contributed by atoms with Gasteiger partial charge in [-0.15, -0.1) is 0 Å². The zero-order valence-electron chi connectivity index (χ0n) is 14.5. The van der Waals surface area contributed by atoms with Crippen molar-refractivity contribution in [3.8, 4) is 5.75 Å². The SMILES string of the molecule is CC(C)(C)OC(=O)NCC(C)(NCc1cccc(O)c1)C1CC1. The lowest BCUT2D eigenvalue weighted by Crippen LogP contribution is -2.53. The number of hydrogen-bond donors (Lipinski definition) is 3. The normalized spacial score (nSPS) is 17.4. The topological polar surface area (TPSA) is 70.6 Å². The quantitative estimate of drug-likeness (QED) is 0.753. The van der Waals surface area contributed by atoms with E-state index in [4.69, 9.17) is 4.74 Å². The fourth-order valence-electron chi connectivity index (χ4n) is 2.61. The van der Waals surface area contributed by atoms with Crippen LogP contribution in [-0.2, 0) is 11.3 Å². The van der Waals surface area contributed by atoms with Crippen molar-refractivity contribution in [3.63, 3.8) is 0 Å². The van der Waals surface area contributed by atoms with Crippen LogP contribution in [0.1, 0.15) is 46.1 Å². The van der Waals surface area contributed by atoms with Gasteiger partial charge in [0.2, 0.25) is 0 Å². The molecule has 1 fully saturated rings. The van der Waals surface area contributed by atoms with E-state index in [0.29, 0.717) is 19.0 Å². The molecule has 1 aromatic rings. The Morgan fingerprint density at radius 2 is 2.00 bits per heavy atom. The van der Waals surface area contributed by atoms with Crippen LogP contribution < -0.4 is 10.6 Å². The lowest BCUT2D eigenvalue weighted by molar-refractivity contribution is 0.0507. The van der Waals surface area contributed by atoms with Crippen molar-refractivity contribution in [3.05, 3.63) is 29.8 Å². The summed E-state index contributed by atoms with van der Waals surface area (Å²) in [6.07, 6.45) is 1.95. The van der Waals surface area contributed by atoms with Crippen LogP contribution >= 0.6 is 0 Å². The van der Waals surface area contributed by atoms with E-state index in [1.165, 1.54) is 12.8 Å². The number of benzene rings is 1. The van der Waals surface area contributed by atoms with Gasteiger partial charge in [-0.2, -0.15) is 0 Å².